The molecule has 68 valence electrons. The first-order valence-corrected chi connectivity index (χ1v) is 4.26. The van der Waals surface area contributed by atoms with Crippen molar-refractivity contribution in [3.63, 3.8) is 0 Å². The minimum absolute atomic E-state index is 0.00231. The maximum Gasteiger partial charge on any atom is 0.143 e. The molecule has 2 atom stereocenters. The Kier molecular flexibility index (Phi) is 2.81. The third kappa shape index (κ3) is 1.64. The van der Waals surface area contributed by atoms with E-state index in [0.29, 0.717) is 5.92 Å². The van der Waals surface area contributed by atoms with Gasteiger partial charge in [-0.3, -0.25) is 4.68 Å². The molecule has 0 aliphatic rings. The highest BCUT2D eigenvalue weighted by Gasteiger charge is 2.17. The molecule has 1 heterocycles. The van der Waals surface area contributed by atoms with Crippen molar-refractivity contribution in [1.29, 1.82) is 0 Å². The first kappa shape index (κ1) is 9.19. The lowest BCUT2D eigenvalue weighted by Crippen LogP contribution is -2.22. The lowest BCUT2D eigenvalue weighted by molar-refractivity contribution is 0.425. The van der Waals surface area contributed by atoms with Gasteiger partial charge in [0.1, 0.15) is 12.2 Å². The predicted octanol–water partition coefficient (Wildman–Crippen LogP) is 0.861. The number of nitrogens with two attached hydrogens (primary N) is 1. The molecular formula is C8H16N4. The zero-order valence-corrected chi connectivity index (χ0v) is 7.86. The molecule has 4 nitrogen and oxygen atoms in total. The summed E-state index contributed by atoms with van der Waals surface area (Å²) in [6.07, 6.45) is 2.60. The fraction of sp³-hybridized carbons (Fsp3) is 0.750. The van der Waals surface area contributed by atoms with Gasteiger partial charge in [0.25, 0.3) is 0 Å². The van der Waals surface area contributed by atoms with E-state index in [-0.39, 0.29) is 6.04 Å². The zero-order valence-electron chi connectivity index (χ0n) is 7.86. The van der Waals surface area contributed by atoms with E-state index in [0.717, 1.165) is 12.2 Å². The lowest BCUT2D eigenvalue weighted by Gasteiger charge is -2.16. The number of hydrogen-bond acceptors (Lipinski definition) is 3. The van der Waals surface area contributed by atoms with Crippen LogP contribution in [0.5, 0.6) is 0 Å². The molecule has 0 bridgehead atoms. The van der Waals surface area contributed by atoms with Crippen LogP contribution in [-0.2, 0) is 7.05 Å². The zero-order chi connectivity index (χ0) is 9.14. The van der Waals surface area contributed by atoms with Gasteiger partial charge in [-0.1, -0.05) is 20.3 Å². The van der Waals surface area contributed by atoms with Crippen molar-refractivity contribution in [3.8, 4) is 0 Å². The highest BCUT2D eigenvalue weighted by atomic mass is 15.3. The number of aryl methyl sites for hydroxylation is 1. The monoisotopic (exact) mass is 168 g/mol. The van der Waals surface area contributed by atoms with Crippen LogP contribution in [0.3, 0.4) is 0 Å². The maximum atomic E-state index is 5.97. The van der Waals surface area contributed by atoms with Crippen LogP contribution in [0, 0.1) is 5.92 Å². The van der Waals surface area contributed by atoms with E-state index in [4.69, 9.17) is 5.73 Å². The van der Waals surface area contributed by atoms with E-state index < -0.39 is 0 Å². The van der Waals surface area contributed by atoms with Gasteiger partial charge in [0.05, 0.1) is 6.04 Å². The van der Waals surface area contributed by atoms with Gasteiger partial charge in [0.2, 0.25) is 0 Å². The van der Waals surface area contributed by atoms with Gasteiger partial charge in [0.15, 0.2) is 0 Å². The Morgan fingerprint density at radius 1 is 1.67 bits per heavy atom. The van der Waals surface area contributed by atoms with Crippen LogP contribution < -0.4 is 5.73 Å². The molecule has 4 heteroatoms. The maximum absolute atomic E-state index is 5.97. The van der Waals surface area contributed by atoms with Crippen molar-refractivity contribution >= 4 is 0 Å². The normalized spacial score (nSPS) is 16.0. The van der Waals surface area contributed by atoms with Crippen LogP contribution in [0.15, 0.2) is 6.33 Å². The fourth-order valence-electron chi connectivity index (χ4n) is 1.12. The van der Waals surface area contributed by atoms with Gasteiger partial charge in [-0.05, 0) is 5.92 Å². The van der Waals surface area contributed by atoms with Gasteiger partial charge in [-0.15, -0.1) is 0 Å². The van der Waals surface area contributed by atoms with E-state index >= 15 is 0 Å². The largest absolute Gasteiger partial charge is 0.321 e. The van der Waals surface area contributed by atoms with Gasteiger partial charge in [0, 0.05) is 7.05 Å². The first-order valence-electron chi connectivity index (χ1n) is 4.26. The Labute approximate surface area is 72.8 Å². The molecule has 1 aromatic heterocycles. The Balaban J connectivity index is 2.77. The van der Waals surface area contributed by atoms with E-state index in [2.05, 4.69) is 23.9 Å². The molecule has 12 heavy (non-hydrogen) atoms. The average molecular weight is 168 g/mol. The first-order chi connectivity index (χ1) is 5.66. The highest BCUT2D eigenvalue weighted by molar-refractivity contribution is 4.93. The number of hydrogen-bond donors (Lipinski definition) is 1. The summed E-state index contributed by atoms with van der Waals surface area (Å²) in [6, 6.07) is 0.00231. The van der Waals surface area contributed by atoms with E-state index in [1.54, 1.807) is 4.68 Å². The van der Waals surface area contributed by atoms with Gasteiger partial charge >= 0.3 is 0 Å². The van der Waals surface area contributed by atoms with Crippen LogP contribution in [0.1, 0.15) is 32.1 Å². The molecule has 0 fully saturated rings. The quantitative estimate of drug-likeness (QED) is 0.728. The van der Waals surface area contributed by atoms with E-state index in [1.807, 2.05) is 7.05 Å². The van der Waals surface area contributed by atoms with Crippen molar-refractivity contribution in [3.05, 3.63) is 12.2 Å². The highest BCUT2D eigenvalue weighted by Crippen LogP contribution is 2.18. The number of nitrogens with zero attached hydrogens (tertiary/aromatic N) is 3. The Morgan fingerprint density at radius 3 is 2.75 bits per heavy atom. The third-order valence-electron chi connectivity index (χ3n) is 2.30. The smallest absolute Gasteiger partial charge is 0.143 e. The Morgan fingerprint density at radius 2 is 2.33 bits per heavy atom. The van der Waals surface area contributed by atoms with Crippen molar-refractivity contribution in [2.24, 2.45) is 18.7 Å². The molecule has 2 unspecified atom stereocenters. The lowest BCUT2D eigenvalue weighted by atomic mass is 10.00. The summed E-state index contributed by atoms with van der Waals surface area (Å²) in [5.41, 5.74) is 5.97. The molecule has 0 amide bonds. The molecular weight excluding hydrogens is 152 g/mol. The molecule has 1 aromatic rings. The van der Waals surface area contributed by atoms with Crippen LogP contribution in [0.25, 0.3) is 0 Å². The van der Waals surface area contributed by atoms with Gasteiger partial charge < -0.3 is 5.73 Å². The molecule has 0 saturated heterocycles. The Hall–Kier alpha value is -0.900. The minimum Gasteiger partial charge on any atom is -0.321 e. The molecule has 1 rings (SSSR count). The summed E-state index contributed by atoms with van der Waals surface area (Å²) in [5, 5.41) is 3.98. The third-order valence-corrected chi connectivity index (χ3v) is 2.30. The van der Waals surface area contributed by atoms with E-state index in [9.17, 15) is 0 Å². The summed E-state index contributed by atoms with van der Waals surface area (Å²) in [4.78, 5) is 4.11. The summed E-state index contributed by atoms with van der Waals surface area (Å²) >= 11 is 0. The second-order valence-corrected chi connectivity index (χ2v) is 3.15. The molecule has 0 saturated carbocycles. The summed E-state index contributed by atoms with van der Waals surface area (Å²) in [7, 11) is 1.87. The standard InChI is InChI=1S/C8H16N4/c1-4-6(2)7(9)8-10-5-11-12(8)3/h5-7H,4,9H2,1-3H3. The van der Waals surface area contributed by atoms with Crippen LogP contribution in [-0.4, -0.2) is 14.8 Å². The minimum atomic E-state index is 0.00231. The van der Waals surface area contributed by atoms with Gasteiger partial charge in [-0.25, -0.2) is 4.98 Å². The SMILES string of the molecule is CCC(C)C(N)c1ncnn1C. The number of rotatable bonds is 3. The topological polar surface area (TPSA) is 56.7 Å². The molecule has 2 N–H and O–H groups in total. The molecule has 0 spiro atoms. The van der Waals surface area contributed by atoms with E-state index in [1.165, 1.54) is 6.33 Å². The fourth-order valence-corrected chi connectivity index (χ4v) is 1.12. The summed E-state index contributed by atoms with van der Waals surface area (Å²) < 4.78 is 1.73. The molecule has 0 aromatic carbocycles. The van der Waals surface area contributed by atoms with Crippen LogP contribution in [0.2, 0.25) is 0 Å². The van der Waals surface area contributed by atoms with Crippen LogP contribution >= 0.6 is 0 Å². The van der Waals surface area contributed by atoms with Crippen molar-refractivity contribution in [2.45, 2.75) is 26.3 Å². The van der Waals surface area contributed by atoms with Crippen molar-refractivity contribution < 1.29 is 0 Å². The summed E-state index contributed by atoms with van der Waals surface area (Å²) in [6.45, 7) is 4.25. The van der Waals surface area contributed by atoms with Crippen molar-refractivity contribution in [2.75, 3.05) is 0 Å². The molecule has 0 aliphatic heterocycles. The number of aromatic nitrogens is 3. The van der Waals surface area contributed by atoms with Crippen LogP contribution in [0.4, 0.5) is 0 Å². The van der Waals surface area contributed by atoms with Crippen molar-refractivity contribution in [1.82, 2.24) is 14.8 Å². The second kappa shape index (κ2) is 3.67. The van der Waals surface area contributed by atoms with Gasteiger partial charge in [-0.2, -0.15) is 5.10 Å². The predicted molar refractivity (Wildman–Crippen MR) is 47.4 cm³/mol. The molecule has 0 aliphatic carbocycles. The average Bonchev–Trinajstić information content (AvgIpc) is 2.48. The summed E-state index contributed by atoms with van der Waals surface area (Å²) in [5.74, 6) is 1.32. The molecule has 0 radical (unpaired) electrons. The second-order valence-electron chi connectivity index (χ2n) is 3.15. The Bertz CT molecular complexity index is 243.